The second kappa shape index (κ2) is 11.9. The summed E-state index contributed by atoms with van der Waals surface area (Å²) < 4.78 is 27.2. The first-order valence-electron chi connectivity index (χ1n) is 11.5. The Morgan fingerprint density at radius 3 is 2.55 bits per heavy atom. The highest BCUT2D eigenvalue weighted by Crippen LogP contribution is 2.32. The van der Waals surface area contributed by atoms with Gasteiger partial charge in [0, 0.05) is 31.8 Å². The van der Waals surface area contributed by atoms with Gasteiger partial charge in [-0.3, -0.25) is 4.90 Å². The molecule has 7 heteroatoms. The van der Waals surface area contributed by atoms with Gasteiger partial charge in [-0.05, 0) is 51.5 Å². The number of aromatic nitrogens is 2. The highest BCUT2D eigenvalue weighted by molar-refractivity contribution is 5.43. The Morgan fingerprint density at radius 1 is 1.12 bits per heavy atom. The number of ether oxygens (including phenoxy) is 2. The highest BCUT2D eigenvalue weighted by atomic mass is 19.1. The monoisotopic (exact) mass is 455 g/mol. The Bertz CT molecular complexity index is 1010. The standard InChI is InChI=1S/C26H34FN3O3/c1-5-19(3)29(16-23(31)18-32-6-2)17-25-20(4)28-30(22-12-8-7-9-13-22)26(25)33-24-14-10-11-21(27)15-24/h7-15,19,23,31H,5-6,16-18H2,1-4H3/t19-,23-/m0/s1. The third-order valence-corrected chi connectivity index (χ3v) is 5.68. The van der Waals surface area contributed by atoms with Crippen molar-refractivity contribution in [1.29, 1.82) is 0 Å². The van der Waals surface area contributed by atoms with E-state index in [0.717, 1.165) is 23.4 Å². The molecule has 0 bridgehead atoms. The molecular weight excluding hydrogens is 421 g/mol. The molecule has 3 aromatic rings. The molecule has 0 saturated heterocycles. The van der Waals surface area contributed by atoms with Gasteiger partial charge in [-0.25, -0.2) is 9.07 Å². The van der Waals surface area contributed by atoms with Crippen LogP contribution in [0.5, 0.6) is 11.6 Å². The molecule has 0 aliphatic carbocycles. The van der Waals surface area contributed by atoms with Crippen molar-refractivity contribution in [2.45, 2.75) is 52.8 Å². The van der Waals surface area contributed by atoms with E-state index in [1.54, 1.807) is 16.8 Å². The van der Waals surface area contributed by atoms with E-state index < -0.39 is 6.10 Å². The third-order valence-electron chi connectivity index (χ3n) is 5.68. The Labute approximate surface area is 195 Å². The fourth-order valence-corrected chi connectivity index (χ4v) is 3.65. The summed E-state index contributed by atoms with van der Waals surface area (Å²) in [6.45, 7) is 9.96. The van der Waals surface area contributed by atoms with Gasteiger partial charge in [-0.1, -0.05) is 31.2 Å². The first-order valence-corrected chi connectivity index (χ1v) is 11.5. The molecule has 1 aromatic heterocycles. The third kappa shape index (κ3) is 6.63. The predicted octanol–water partition coefficient (Wildman–Crippen LogP) is 5.11. The van der Waals surface area contributed by atoms with Crippen molar-refractivity contribution in [3.8, 4) is 17.3 Å². The van der Waals surface area contributed by atoms with Crippen LogP contribution in [0.3, 0.4) is 0 Å². The fraction of sp³-hybridized carbons (Fsp3) is 0.423. The molecule has 0 spiro atoms. The van der Waals surface area contributed by atoms with Gasteiger partial charge < -0.3 is 14.6 Å². The number of aryl methyl sites for hydroxylation is 1. The lowest BCUT2D eigenvalue weighted by molar-refractivity contribution is 0.0111. The Kier molecular flexibility index (Phi) is 9.00. The molecule has 0 aliphatic rings. The summed E-state index contributed by atoms with van der Waals surface area (Å²) in [4.78, 5) is 2.21. The maximum absolute atomic E-state index is 13.9. The average Bonchev–Trinajstić information content (AvgIpc) is 3.12. The highest BCUT2D eigenvalue weighted by Gasteiger charge is 2.24. The van der Waals surface area contributed by atoms with E-state index in [0.29, 0.717) is 37.9 Å². The second-order valence-corrected chi connectivity index (χ2v) is 8.18. The molecule has 0 fully saturated rings. The molecule has 0 radical (unpaired) electrons. The molecule has 2 aromatic carbocycles. The maximum Gasteiger partial charge on any atom is 0.227 e. The second-order valence-electron chi connectivity index (χ2n) is 8.18. The predicted molar refractivity (Wildman–Crippen MR) is 127 cm³/mol. The van der Waals surface area contributed by atoms with E-state index in [-0.39, 0.29) is 11.9 Å². The minimum absolute atomic E-state index is 0.225. The number of aliphatic hydroxyl groups is 1. The van der Waals surface area contributed by atoms with Crippen LogP contribution in [0.25, 0.3) is 5.69 Å². The minimum Gasteiger partial charge on any atom is -0.438 e. The Hall–Kier alpha value is -2.74. The van der Waals surface area contributed by atoms with Gasteiger partial charge in [0.05, 0.1) is 29.7 Å². The van der Waals surface area contributed by atoms with E-state index in [2.05, 4.69) is 18.7 Å². The number of hydrogen-bond acceptors (Lipinski definition) is 5. The van der Waals surface area contributed by atoms with Crippen molar-refractivity contribution < 1.29 is 19.0 Å². The molecule has 178 valence electrons. The van der Waals surface area contributed by atoms with Crippen LogP contribution in [0.1, 0.15) is 38.4 Å². The molecular formula is C26H34FN3O3. The van der Waals surface area contributed by atoms with Crippen molar-refractivity contribution in [3.05, 3.63) is 71.7 Å². The van der Waals surface area contributed by atoms with Gasteiger partial charge in [-0.15, -0.1) is 0 Å². The summed E-state index contributed by atoms with van der Waals surface area (Å²) in [6.07, 6.45) is 0.323. The van der Waals surface area contributed by atoms with Crippen LogP contribution in [0.4, 0.5) is 4.39 Å². The molecule has 0 unspecified atom stereocenters. The first kappa shape index (κ1) is 24.9. The lowest BCUT2D eigenvalue weighted by Gasteiger charge is -2.30. The molecule has 0 saturated carbocycles. The summed E-state index contributed by atoms with van der Waals surface area (Å²) in [5, 5.41) is 15.3. The zero-order valence-electron chi connectivity index (χ0n) is 19.9. The smallest absolute Gasteiger partial charge is 0.227 e. The van der Waals surface area contributed by atoms with Crippen LogP contribution in [-0.2, 0) is 11.3 Å². The van der Waals surface area contributed by atoms with Crippen molar-refractivity contribution in [3.63, 3.8) is 0 Å². The number of benzene rings is 2. The van der Waals surface area contributed by atoms with Crippen molar-refractivity contribution in [2.75, 3.05) is 19.8 Å². The van der Waals surface area contributed by atoms with Crippen LogP contribution in [0.15, 0.2) is 54.6 Å². The van der Waals surface area contributed by atoms with Crippen LogP contribution in [0, 0.1) is 12.7 Å². The molecule has 1 heterocycles. The first-order chi connectivity index (χ1) is 15.9. The number of rotatable bonds is 12. The largest absolute Gasteiger partial charge is 0.438 e. The van der Waals surface area contributed by atoms with E-state index in [9.17, 15) is 9.50 Å². The molecule has 3 rings (SSSR count). The van der Waals surface area contributed by atoms with Crippen LogP contribution in [-0.4, -0.2) is 51.7 Å². The minimum atomic E-state index is -0.601. The van der Waals surface area contributed by atoms with Gasteiger partial charge in [0.2, 0.25) is 5.88 Å². The Morgan fingerprint density at radius 2 is 1.88 bits per heavy atom. The molecule has 2 atom stereocenters. The average molecular weight is 456 g/mol. The van der Waals surface area contributed by atoms with Gasteiger partial charge in [0.1, 0.15) is 11.6 Å². The normalized spacial score (nSPS) is 13.3. The maximum atomic E-state index is 13.9. The van der Waals surface area contributed by atoms with Crippen molar-refractivity contribution in [1.82, 2.24) is 14.7 Å². The lowest BCUT2D eigenvalue weighted by Crippen LogP contribution is -2.40. The van der Waals surface area contributed by atoms with Crippen molar-refractivity contribution >= 4 is 0 Å². The van der Waals surface area contributed by atoms with E-state index >= 15 is 0 Å². The zero-order chi connectivity index (χ0) is 23.8. The summed E-state index contributed by atoms with van der Waals surface area (Å²) in [6, 6.07) is 16.0. The molecule has 1 N–H and O–H groups in total. The number of para-hydroxylation sites is 1. The summed E-state index contributed by atoms with van der Waals surface area (Å²) >= 11 is 0. The summed E-state index contributed by atoms with van der Waals surface area (Å²) in [5.74, 6) is 0.577. The van der Waals surface area contributed by atoms with E-state index in [4.69, 9.17) is 14.6 Å². The molecule has 0 amide bonds. The number of halogens is 1. The van der Waals surface area contributed by atoms with Crippen LogP contribution in [0.2, 0.25) is 0 Å². The lowest BCUT2D eigenvalue weighted by atomic mass is 10.1. The SMILES string of the molecule is CCOC[C@@H](O)CN(Cc1c(C)nn(-c2ccccc2)c1Oc1cccc(F)c1)[C@@H](C)CC. The van der Waals surface area contributed by atoms with E-state index in [1.165, 1.54) is 12.1 Å². The molecule has 6 nitrogen and oxygen atoms in total. The summed E-state index contributed by atoms with van der Waals surface area (Å²) in [5.41, 5.74) is 2.56. The molecule has 33 heavy (non-hydrogen) atoms. The van der Waals surface area contributed by atoms with Crippen LogP contribution < -0.4 is 4.74 Å². The Balaban J connectivity index is 1.99. The van der Waals surface area contributed by atoms with Gasteiger partial charge >= 0.3 is 0 Å². The number of nitrogens with zero attached hydrogens (tertiary/aromatic N) is 3. The van der Waals surface area contributed by atoms with Crippen molar-refractivity contribution in [2.24, 2.45) is 0 Å². The van der Waals surface area contributed by atoms with Crippen LogP contribution >= 0.6 is 0 Å². The topological polar surface area (TPSA) is 59.8 Å². The van der Waals surface area contributed by atoms with Gasteiger partial charge in [-0.2, -0.15) is 5.10 Å². The quantitative estimate of drug-likeness (QED) is 0.411. The zero-order valence-corrected chi connectivity index (χ0v) is 19.9. The number of aliphatic hydroxyl groups excluding tert-OH is 1. The van der Waals surface area contributed by atoms with E-state index in [1.807, 2.05) is 44.2 Å². The van der Waals surface area contributed by atoms with Gasteiger partial charge in [0.25, 0.3) is 0 Å². The van der Waals surface area contributed by atoms with Gasteiger partial charge in [0.15, 0.2) is 0 Å². The fourth-order valence-electron chi connectivity index (χ4n) is 3.65. The summed E-state index contributed by atoms with van der Waals surface area (Å²) in [7, 11) is 0. The molecule has 0 aliphatic heterocycles. The number of hydrogen-bond donors (Lipinski definition) is 1.